The summed E-state index contributed by atoms with van der Waals surface area (Å²) < 4.78 is 38.9. The van der Waals surface area contributed by atoms with E-state index in [0.29, 0.717) is 0 Å². The van der Waals surface area contributed by atoms with E-state index in [4.69, 9.17) is 16.7 Å². The summed E-state index contributed by atoms with van der Waals surface area (Å²) in [7, 11) is -3.86. The Balaban J connectivity index is 2.33. The van der Waals surface area contributed by atoms with Gasteiger partial charge in [-0.15, -0.1) is 0 Å². The smallest absolute Gasteiger partial charge is 0.310 e. The summed E-state index contributed by atoms with van der Waals surface area (Å²) >= 11 is 5.58. The van der Waals surface area contributed by atoms with Crippen LogP contribution in [0.25, 0.3) is 0 Å². The Bertz CT molecular complexity index is 663. The van der Waals surface area contributed by atoms with Gasteiger partial charge in [0.25, 0.3) is 0 Å². The molecule has 1 N–H and O–H groups in total. The van der Waals surface area contributed by atoms with Gasteiger partial charge in [-0.3, -0.25) is 4.79 Å². The highest BCUT2D eigenvalue weighted by molar-refractivity contribution is 7.89. The van der Waals surface area contributed by atoms with Crippen molar-refractivity contribution < 1.29 is 22.7 Å². The van der Waals surface area contributed by atoms with Gasteiger partial charge in [-0.05, 0) is 31.5 Å². The summed E-state index contributed by atoms with van der Waals surface area (Å²) in [4.78, 5) is 11.0. The average molecular weight is 322 g/mol. The fourth-order valence-electron chi connectivity index (χ4n) is 2.08. The molecule has 1 aromatic rings. The normalized spacial score (nSPS) is 23.9. The Kier molecular flexibility index (Phi) is 3.79. The van der Waals surface area contributed by atoms with Crippen LogP contribution in [0.2, 0.25) is 5.02 Å². The van der Waals surface area contributed by atoms with Crippen molar-refractivity contribution in [3.63, 3.8) is 0 Å². The molecule has 1 atom stereocenters. The first-order valence-electron chi connectivity index (χ1n) is 5.85. The van der Waals surface area contributed by atoms with Crippen molar-refractivity contribution in [2.24, 2.45) is 5.41 Å². The quantitative estimate of drug-likeness (QED) is 0.923. The van der Waals surface area contributed by atoms with E-state index in [2.05, 4.69) is 0 Å². The monoisotopic (exact) mass is 321 g/mol. The minimum atomic E-state index is -3.86. The van der Waals surface area contributed by atoms with Crippen LogP contribution in [0.4, 0.5) is 4.39 Å². The van der Waals surface area contributed by atoms with Gasteiger partial charge in [0.05, 0.1) is 15.3 Å². The van der Waals surface area contributed by atoms with Gasteiger partial charge < -0.3 is 5.11 Å². The molecule has 1 heterocycles. The average Bonchev–Trinajstić information content (AvgIpc) is 2.77. The van der Waals surface area contributed by atoms with Crippen LogP contribution in [0.1, 0.15) is 13.3 Å². The standard InChI is InChI=1S/C12H13ClFNO4S/c1-12(11(16)17)4-5-15(7-12)20(18,19)8-2-3-10(14)9(13)6-8/h2-3,6H,4-5,7H2,1H3,(H,16,17). The number of sulfonamides is 1. The SMILES string of the molecule is CC1(C(=O)O)CCN(S(=O)(=O)c2ccc(F)c(Cl)c2)C1. The Morgan fingerprint density at radius 3 is 2.65 bits per heavy atom. The molecule has 0 aromatic heterocycles. The Hall–Kier alpha value is -1.18. The zero-order valence-electron chi connectivity index (χ0n) is 10.6. The molecular formula is C12H13ClFNO4S. The van der Waals surface area contributed by atoms with Gasteiger partial charge in [0.2, 0.25) is 10.0 Å². The number of carbonyl (C=O) groups is 1. The predicted molar refractivity (Wildman–Crippen MR) is 70.5 cm³/mol. The van der Waals surface area contributed by atoms with E-state index >= 15 is 0 Å². The molecule has 1 aromatic carbocycles. The number of carboxylic acid groups (broad SMARTS) is 1. The summed E-state index contributed by atoms with van der Waals surface area (Å²) in [6.45, 7) is 1.50. The zero-order chi connectivity index (χ0) is 15.1. The zero-order valence-corrected chi connectivity index (χ0v) is 12.2. The molecule has 1 unspecified atom stereocenters. The van der Waals surface area contributed by atoms with Crippen LogP contribution < -0.4 is 0 Å². The molecule has 20 heavy (non-hydrogen) atoms. The van der Waals surface area contributed by atoms with E-state index in [0.717, 1.165) is 22.5 Å². The molecule has 110 valence electrons. The van der Waals surface area contributed by atoms with E-state index in [1.165, 1.54) is 6.92 Å². The number of nitrogens with zero attached hydrogens (tertiary/aromatic N) is 1. The fraction of sp³-hybridized carbons (Fsp3) is 0.417. The van der Waals surface area contributed by atoms with Gasteiger partial charge >= 0.3 is 5.97 Å². The maximum atomic E-state index is 13.1. The first kappa shape index (κ1) is 15.2. The first-order valence-corrected chi connectivity index (χ1v) is 7.67. The van der Waals surface area contributed by atoms with Crippen molar-refractivity contribution >= 4 is 27.6 Å². The van der Waals surface area contributed by atoms with Crippen molar-refractivity contribution in [1.82, 2.24) is 4.31 Å². The highest BCUT2D eigenvalue weighted by Gasteiger charge is 2.44. The summed E-state index contributed by atoms with van der Waals surface area (Å²) in [5.74, 6) is -1.74. The van der Waals surface area contributed by atoms with Crippen molar-refractivity contribution in [3.05, 3.63) is 29.0 Å². The van der Waals surface area contributed by atoms with Crippen LogP contribution in [0.5, 0.6) is 0 Å². The van der Waals surface area contributed by atoms with Gasteiger partial charge in [0.1, 0.15) is 5.82 Å². The summed E-state index contributed by atoms with van der Waals surface area (Å²) in [5.41, 5.74) is -1.10. The van der Waals surface area contributed by atoms with Crippen LogP contribution in [0.3, 0.4) is 0 Å². The second-order valence-corrected chi connectivity index (χ2v) is 7.38. The van der Waals surface area contributed by atoms with Crippen LogP contribution in [-0.2, 0) is 14.8 Å². The van der Waals surface area contributed by atoms with E-state index in [9.17, 15) is 17.6 Å². The molecule has 1 saturated heterocycles. The number of carboxylic acids is 1. The van der Waals surface area contributed by atoms with E-state index in [1.807, 2.05) is 0 Å². The third kappa shape index (κ3) is 2.53. The summed E-state index contributed by atoms with van der Waals surface area (Å²) in [6.07, 6.45) is 0.233. The van der Waals surface area contributed by atoms with E-state index < -0.39 is 27.2 Å². The molecule has 0 bridgehead atoms. The number of benzene rings is 1. The highest BCUT2D eigenvalue weighted by atomic mass is 35.5. The lowest BCUT2D eigenvalue weighted by Gasteiger charge is -2.20. The highest BCUT2D eigenvalue weighted by Crippen LogP contribution is 2.34. The lowest BCUT2D eigenvalue weighted by atomic mass is 9.90. The van der Waals surface area contributed by atoms with E-state index in [1.54, 1.807) is 0 Å². The van der Waals surface area contributed by atoms with Gasteiger partial charge in [-0.25, -0.2) is 12.8 Å². The molecule has 0 aliphatic carbocycles. The molecule has 0 spiro atoms. The number of hydrogen-bond acceptors (Lipinski definition) is 3. The molecule has 0 saturated carbocycles. The maximum Gasteiger partial charge on any atom is 0.310 e. The Morgan fingerprint density at radius 1 is 1.50 bits per heavy atom. The van der Waals surface area contributed by atoms with Gasteiger partial charge in [0, 0.05) is 13.1 Å². The molecular weight excluding hydrogens is 309 g/mol. The summed E-state index contributed by atoms with van der Waals surface area (Å²) in [5, 5.41) is 8.83. The largest absolute Gasteiger partial charge is 0.481 e. The van der Waals surface area contributed by atoms with E-state index in [-0.39, 0.29) is 29.4 Å². The van der Waals surface area contributed by atoms with Crippen molar-refractivity contribution in [2.45, 2.75) is 18.2 Å². The number of rotatable bonds is 3. The van der Waals surface area contributed by atoms with Gasteiger partial charge in [-0.1, -0.05) is 11.6 Å². The minimum Gasteiger partial charge on any atom is -0.481 e. The molecule has 1 aliphatic heterocycles. The van der Waals surface area contributed by atoms with Crippen molar-refractivity contribution in [1.29, 1.82) is 0 Å². The molecule has 2 rings (SSSR count). The molecule has 1 aliphatic rings. The van der Waals surface area contributed by atoms with Crippen LogP contribution in [0.15, 0.2) is 23.1 Å². The predicted octanol–water partition coefficient (Wildman–Crippen LogP) is 1.96. The molecule has 8 heteroatoms. The van der Waals surface area contributed by atoms with Crippen LogP contribution in [0, 0.1) is 11.2 Å². The third-order valence-electron chi connectivity index (χ3n) is 3.48. The fourth-order valence-corrected chi connectivity index (χ4v) is 3.92. The van der Waals surface area contributed by atoms with Crippen molar-refractivity contribution in [3.8, 4) is 0 Å². The number of halogens is 2. The second kappa shape index (κ2) is 4.98. The third-order valence-corrected chi connectivity index (χ3v) is 5.61. The Morgan fingerprint density at radius 2 is 2.15 bits per heavy atom. The lowest BCUT2D eigenvalue weighted by Crippen LogP contribution is -2.34. The molecule has 0 amide bonds. The topological polar surface area (TPSA) is 74.7 Å². The number of aliphatic carboxylic acids is 1. The maximum absolute atomic E-state index is 13.1. The minimum absolute atomic E-state index is 0.111. The molecule has 0 radical (unpaired) electrons. The van der Waals surface area contributed by atoms with Crippen LogP contribution in [-0.4, -0.2) is 36.9 Å². The van der Waals surface area contributed by atoms with Gasteiger partial charge in [-0.2, -0.15) is 4.31 Å². The second-order valence-electron chi connectivity index (χ2n) is 5.03. The lowest BCUT2D eigenvalue weighted by molar-refractivity contribution is -0.146. The van der Waals surface area contributed by atoms with Crippen LogP contribution >= 0.6 is 11.6 Å². The number of hydrogen-bond donors (Lipinski definition) is 1. The van der Waals surface area contributed by atoms with Gasteiger partial charge in [0.15, 0.2) is 0 Å². The molecule has 5 nitrogen and oxygen atoms in total. The first-order chi connectivity index (χ1) is 9.17. The van der Waals surface area contributed by atoms with Crippen molar-refractivity contribution in [2.75, 3.05) is 13.1 Å². The molecule has 1 fully saturated rings. The Labute approximate surface area is 121 Å². The summed E-state index contributed by atoms with van der Waals surface area (Å²) in [6, 6.07) is 3.12.